The summed E-state index contributed by atoms with van der Waals surface area (Å²) in [6.07, 6.45) is 0.854. The monoisotopic (exact) mass is 363 g/mol. The maximum Gasteiger partial charge on any atom is 0.410 e. The number of benzene rings is 1. The fraction of sp³-hybridized carbons (Fsp3) is 0.600. The van der Waals surface area contributed by atoms with Gasteiger partial charge in [0.25, 0.3) is 0 Å². The van der Waals surface area contributed by atoms with E-state index in [2.05, 4.69) is 13.8 Å². The van der Waals surface area contributed by atoms with Crippen LogP contribution in [0.3, 0.4) is 0 Å². The number of amides is 1. The molecule has 0 bridgehead atoms. The van der Waals surface area contributed by atoms with E-state index in [9.17, 15) is 14.7 Å². The molecule has 1 N–H and O–H groups in total. The van der Waals surface area contributed by atoms with Crippen molar-refractivity contribution in [1.29, 1.82) is 0 Å². The van der Waals surface area contributed by atoms with Gasteiger partial charge in [0.1, 0.15) is 23.0 Å². The third kappa shape index (κ3) is 5.38. The average molecular weight is 363 g/mol. The van der Waals surface area contributed by atoms with E-state index in [1.54, 1.807) is 11.0 Å². The van der Waals surface area contributed by atoms with E-state index in [0.29, 0.717) is 31.7 Å². The van der Waals surface area contributed by atoms with Crippen molar-refractivity contribution in [3.63, 3.8) is 0 Å². The van der Waals surface area contributed by atoms with Gasteiger partial charge < -0.3 is 19.5 Å². The zero-order valence-corrected chi connectivity index (χ0v) is 16.2. The number of likely N-dealkylation sites (tertiary alicyclic amines) is 1. The van der Waals surface area contributed by atoms with Crippen LogP contribution in [0.5, 0.6) is 5.75 Å². The molecule has 0 atom stereocenters. The summed E-state index contributed by atoms with van der Waals surface area (Å²) in [7, 11) is 0. The molecule has 1 amide bonds. The zero-order chi connectivity index (χ0) is 19.5. The van der Waals surface area contributed by atoms with Crippen LogP contribution in [0.4, 0.5) is 4.79 Å². The zero-order valence-electron chi connectivity index (χ0n) is 16.2. The third-order valence-corrected chi connectivity index (χ3v) is 4.29. The maximum atomic E-state index is 12.1. The minimum Gasteiger partial charge on any atom is -0.489 e. The van der Waals surface area contributed by atoms with Crippen molar-refractivity contribution < 1.29 is 24.2 Å². The Morgan fingerprint density at radius 1 is 1.19 bits per heavy atom. The van der Waals surface area contributed by atoms with Crippen molar-refractivity contribution >= 4 is 12.1 Å². The molecule has 0 aliphatic carbocycles. The second kappa shape index (κ2) is 7.98. The van der Waals surface area contributed by atoms with Crippen LogP contribution in [0, 0.1) is 0 Å². The molecule has 1 fully saturated rings. The first kappa shape index (κ1) is 20.1. The predicted molar refractivity (Wildman–Crippen MR) is 98.9 cm³/mol. The summed E-state index contributed by atoms with van der Waals surface area (Å²) in [6, 6.07) is 5.24. The Bertz CT molecular complexity index is 655. The van der Waals surface area contributed by atoms with Crippen LogP contribution in [0.1, 0.15) is 69.3 Å². The lowest BCUT2D eigenvalue weighted by Crippen LogP contribution is -2.44. The Morgan fingerprint density at radius 3 is 2.31 bits per heavy atom. The number of rotatable bonds is 4. The van der Waals surface area contributed by atoms with E-state index >= 15 is 0 Å². The van der Waals surface area contributed by atoms with Gasteiger partial charge in [-0.3, -0.25) is 0 Å². The fourth-order valence-electron chi connectivity index (χ4n) is 2.83. The first-order chi connectivity index (χ1) is 12.1. The SMILES string of the molecule is CC(C)c1ccc(C(=O)O)c(OC2CCN(C(=O)OC(C)(C)C)CC2)c1. The quantitative estimate of drug-likeness (QED) is 0.864. The van der Waals surface area contributed by atoms with E-state index < -0.39 is 11.6 Å². The smallest absolute Gasteiger partial charge is 0.410 e. The van der Waals surface area contributed by atoms with Crippen LogP contribution in [0.25, 0.3) is 0 Å². The van der Waals surface area contributed by atoms with Crippen LogP contribution in [0.15, 0.2) is 18.2 Å². The van der Waals surface area contributed by atoms with Crippen LogP contribution < -0.4 is 4.74 Å². The average Bonchev–Trinajstić information content (AvgIpc) is 2.53. The first-order valence-corrected chi connectivity index (χ1v) is 9.08. The van der Waals surface area contributed by atoms with Crippen molar-refractivity contribution in [1.82, 2.24) is 4.90 Å². The van der Waals surface area contributed by atoms with E-state index in [0.717, 1.165) is 5.56 Å². The van der Waals surface area contributed by atoms with Crippen molar-refractivity contribution in [2.75, 3.05) is 13.1 Å². The predicted octanol–water partition coefficient (Wildman–Crippen LogP) is 4.29. The fourth-order valence-corrected chi connectivity index (χ4v) is 2.83. The van der Waals surface area contributed by atoms with Crippen molar-refractivity contribution in [2.24, 2.45) is 0 Å². The molecule has 26 heavy (non-hydrogen) atoms. The summed E-state index contributed by atoms with van der Waals surface area (Å²) in [5.74, 6) is -0.310. The van der Waals surface area contributed by atoms with Crippen molar-refractivity contribution in [3.05, 3.63) is 29.3 Å². The highest BCUT2D eigenvalue weighted by Gasteiger charge is 2.28. The highest BCUT2D eigenvalue weighted by Crippen LogP contribution is 2.28. The first-order valence-electron chi connectivity index (χ1n) is 9.08. The Morgan fingerprint density at radius 2 is 1.81 bits per heavy atom. The maximum absolute atomic E-state index is 12.1. The molecule has 0 saturated carbocycles. The number of ether oxygens (including phenoxy) is 2. The van der Waals surface area contributed by atoms with Gasteiger partial charge in [-0.1, -0.05) is 19.9 Å². The molecule has 0 unspecified atom stereocenters. The summed E-state index contributed by atoms with van der Waals surface area (Å²) < 4.78 is 11.4. The van der Waals surface area contributed by atoms with Crippen molar-refractivity contribution in [2.45, 2.75) is 65.1 Å². The molecule has 0 spiro atoms. The minimum absolute atomic E-state index is 0.116. The van der Waals surface area contributed by atoms with Gasteiger partial charge in [-0.2, -0.15) is 0 Å². The highest BCUT2D eigenvalue weighted by atomic mass is 16.6. The molecule has 1 aliphatic heterocycles. The van der Waals surface area contributed by atoms with E-state index in [1.165, 1.54) is 0 Å². The summed E-state index contributed by atoms with van der Waals surface area (Å²) in [6.45, 7) is 10.7. The molecule has 1 saturated heterocycles. The normalized spacial score (nSPS) is 15.8. The second-order valence-electron chi connectivity index (χ2n) is 8.00. The number of carboxylic acid groups (broad SMARTS) is 1. The molecule has 144 valence electrons. The molecule has 1 heterocycles. The standard InChI is InChI=1S/C20H29NO5/c1-13(2)14-6-7-16(18(22)23)17(12-14)25-15-8-10-21(11-9-15)19(24)26-20(3,4)5/h6-7,12-13,15H,8-11H2,1-5H3,(H,22,23). The summed E-state index contributed by atoms with van der Waals surface area (Å²) in [5.41, 5.74) is 0.693. The molecule has 1 aromatic carbocycles. The molecule has 0 aromatic heterocycles. The Kier molecular flexibility index (Phi) is 6.16. The van der Waals surface area contributed by atoms with E-state index in [1.807, 2.05) is 32.9 Å². The topological polar surface area (TPSA) is 76.1 Å². The molecule has 1 aromatic rings. The molecule has 6 nitrogen and oxygen atoms in total. The van der Waals surface area contributed by atoms with Gasteiger partial charge >= 0.3 is 12.1 Å². The van der Waals surface area contributed by atoms with Gasteiger partial charge in [0.05, 0.1) is 0 Å². The van der Waals surface area contributed by atoms with Gasteiger partial charge in [0, 0.05) is 25.9 Å². The lowest BCUT2D eigenvalue weighted by Gasteiger charge is -2.33. The van der Waals surface area contributed by atoms with Crippen LogP contribution in [0.2, 0.25) is 0 Å². The third-order valence-electron chi connectivity index (χ3n) is 4.29. The number of aromatic carboxylic acids is 1. The number of hydrogen-bond donors (Lipinski definition) is 1. The Labute approximate surface area is 155 Å². The lowest BCUT2D eigenvalue weighted by molar-refractivity contribution is 0.0126. The molecular weight excluding hydrogens is 334 g/mol. The molecule has 2 rings (SSSR count). The van der Waals surface area contributed by atoms with Gasteiger partial charge in [-0.15, -0.1) is 0 Å². The largest absolute Gasteiger partial charge is 0.489 e. The Hall–Kier alpha value is -2.24. The number of nitrogens with zero attached hydrogens (tertiary/aromatic N) is 1. The number of carbonyl (C=O) groups is 2. The van der Waals surface area contributed by atoms with Crippen LogP contribution in [-0.4, -0.2) is 46.9 Å². The number of carbonyl (C=O) groups excluding carboxylic acids is 1. The van der Waals surface area contributed by atoms with Crippen LogP contribution in [-0.2, 0) is 4.74 Å². The summed E-state index contributed by atoms with van der Waals surface area (Å²) in [4.78, 5) is 25.3. The lowest BCUT2D eigenvalue weighted by atomic mass is 10.0. The van der Waals surface area contributed by atoms with E-state index in [-0.39, 0.29) is 23.7 Å². The summed E-state index contributed by atoms with van der Waals surface area (Å²) >= 11 is 0. The van der Waals surface area contributed by atoms with Gasteiger partial charge in [-0.25, -0.2) is 9.59 Å². The molecule has 6 heteroatoms. The van der Waals surface area contributed by atoms with Gasteiger partial charge in [0.15, 0.2) is 0 Å². The molecule has 1 aliphatic rings. The van der Waals surface area contributed by atoms with Crippen molar-refractivity contribution in [3.8, 4) is 5.75 Å². The Balaban J connectivity index is 2.02. The van der Waals surface area contributed by atoms with Gasteiger partial charge in [0.2, 0.25) is 0 Å². The number of carboxylic acids is 1. The second-order valence-corrected chi connectivity index (χ2v) is 8.00. The van der Waals surface area contributed by atoms with Gasteiger partial charge in [-0.05, 0) is 44.4 Å². The highest BCUT2D eigenvalue weighted by molar-refractivity contribution is 5.91. The molecule has 0 radical (unpaired) electrons. The molecular formula is C20H29NO5. The number of piperidine rings is 1. The van der Waals surface area contributed by atoms with Crippen LogP contribution >= 0.6 is 0 Å². The minimum atomic E-state index is -0.999. The number of hydrogen-bond acceptors (Lipinski definition) is 4. The van der Waals surface area contributed by atoms with E-state index in [4.69, 9.17) is 9.47 Å². The summed E-state index contributed by atoms with van der Waals surface area (Å²) in [5, 5.41) is 9.40.